The number of hydrogen-bond acceptors (Lipinski definition) is 8. The van der Waals surface area contributed by atoms with Gasteiger partial charge in [0.1, 0.15) is 0 Å². The Morgan fingerprint density at radius 3 is 1.22 bits per heavy atom. The molecule has 4 atom stereocenters. The Kier molecular flexibility index (Phi) is 10.8. The van der Waals surface area contributed by atoms with Gasteiger partial charge in [-0.25, -0.2) is 36.8 Å². The van der Waals surface area contributed by atoms with E-state index in [9.17, 15) is 16.8 Å². The minimum Gasteiger partial charge on any atom is -0.227 e. The minimum absolute atomic E-state index is 0.00584. The second-order valence-corrected chi connectivity index (χ2v) is 12.0. The van der Waals surface area contributed by atoms with E-state index in [1.165, 1.54) is 24.8 Å². The Balaban J connectivity index is 0.000000320. The van der Waals surface area contributed by atoms with Gasteiger partial charge in [0.25, 0.3) is 0 Å². The molecule has 0 aliphatic heterocycles. The van der Waals surface area contributed by atoms with Crippen molar-refractivity contribution in [2.24, 2.45) is 11.8 Å². The molecular formula is C22H32N4O4S2. The van der Waals surface area contributed by atoms with Gasteiger partial charge in [0.2, 0.25) is 30.0 Å². The molecule has 2 aromatic heterocycles. The molecule has 0 saturated carbocycles. The fourth-order valence-electron chi connectivity index (χ4n) is 2.72. The summed E-state index contributed by atoms with van der Waals surface area (Å²) < 4.78 is 48.4. The average molecular weight is 481 g/mol. The van der Waals surface area contributed by atoms with Crippen molar-refractivity contribution in [3.8, 4) is 0 Å². The van der Waals surface area contributed by atoms with Crippen LogP contribution >= 0.6 is 0 Å². The standard InChI is InChI=1S/2C11H16N2O2S/c2*1-4-6-9(2)10(3)16(14,15)11-12-7-5-8-13-11/h2*4-5,7-10H,1,6H2,2-3H3/t2*9-,10+/m10/s1. The van der Waals surface area contributed by atoms with Crippen molar-refractivity contribution in [1.82, 2.24) is 19.9 Å². The summed E-state index contributed by atoms with van der Waals surface area (Å²) in [4.78, 5) is 15.2. The van der Waals surface area contributed by atoms with Crippen LogP contribution in [0.4, 0.5) is 0 Å². The van der Waals surface area contributed by atoms with E-state index < -0.39 is 30.2 Å². The summed E-state index contributed by atoms with van der Waals surface area (Å²) in [5.74, 6) is 0.0117. The number of sulfone groups is 2. The van der Waals surface area contributed by atoms with Crippen molar-refractivity contribution < 1.29 is 16.8 Å². The predicted molar refractivity (Wildman–Crippen MR) is 125 cm³/mol. The van der Waals surface area contributed by atoms with Gasteiger partial charge in [0, 0.05) is 24.8 Å². The first-order chi connectivity index (χ1) is 15.0. The minimum atomic E-state index is -3.43. The molecule has 10 heteroatoms. The number of allylic oxidation sites excluding steroid dienone is 2. The SMILES string of the molecule is C=CC[C@@H](C)[C@H](C)S(=O)(=O)c1ncccn1.C=CC[C@H](C)[C@@H](C)S(=O)(=O)c1ncccn1. The molecule has 2 rings (SSSR count). The highest BCUT2D eigenvalue weighted by molar-refractivity contribution is 7.92. The topological polar surface area (TPSA) is 120 Å². The molecule has 8 nitrogen and oxygen atoms in total. The first-order valence-electron chi connectivity index (χ1n) is 10.2. The van der Waals surface area contributed by atoms with Crippen LogP contribution in [0.25, 0.3) is 0 Å². The predicted octanol–water partition coefficient (Wildman–Crippen LogP) is 3.70. The summed E-state index contributed by atoms with van der Waals surface area (Å²) in [6.07, 6.45) is 10.5. The van der Waals surface area contributed by atoms with E-state index in [1.807, 2.05) is 13.8 Å². The van der Waals surface area contributed by atoms with Crippen LogP contribution in [0.5, 0.6) is 0 Å². The maximum absolute atomic E-state index is 12.1. The number of rotatable bonds is 10. The highest BCUT2D eigenvalue weighted by Crippen LogP contribution is 2.21. The van der Waals surface area contributed by atoms with Crippen LogP contribution in [-0.4, -0.2) is 47.3 Å². The zero-order valence-electron chi connectivity index (χ0n) is 19.0. The quantitative estimate of drug-likeness (QED) is 0.373. The molecule has 0 fully saturated rings. The zero-order valence-corrected chi connectivity index (χ0v) is 20.6. The van der Waals surface area contributed by atoms with Gasteiger partial charge in [-0.05, 0) is 50.7 Å². The third kappa shape index (κ3) is 7.30. The second-order valence-electron chi connectivity index (χ2n) is 7.57. The lowest BCUT2D eigenvalue weighted by molar-refractivity contribution is 0.518. The lowest BCUT2D eigenvalue weighted by Gasteiger charge is -2.17. The van der Waals surface area contributed by atoms with Crippen LogP contribution < -0.4 is 0 Å². The summed E-state index contributed by atoms with van der Waals surface area (Å²) >= 11 is 0. The zero-order chi connectivity index (χ0) is 24.4. The normalized spacial score (nSPS) is 15.4. The summed E-state index contributed by atoms with van der Waals surface area (Å²) in [6.45, 7) is 14.3. The van der Waals surface area contributed by atoms with Crippen molar-refractivity contribution in [1.29, 1.82) is 0 Å². The van der Waals surface area contributed by atoms with Gasteiger partial charge in [-0.15, -0.1) is 13.2 Å². The highest BCUT2D eigenvalue weighted by atomic mass is 32.2. The van der Waals surface area contributed by atoms with Crippen LogP contribution in [0.2, 0.25) is 0 Å². The first kappa shape index (κ1) is 27.6. The molecule has 0 spiro atoms. The maximum Gasteiger partial charge on any atom is 0.247 e. The Labute approximate surface area is 191 Å². The third-order valence-corrected chi connectivity index (χ3v) is 9.58. The van der Waals surface area contributed by atoms with E-state index in [2.05, 4.69) is 33.1 Å². The van der Waals surface area contributed by atoms with E-state index in [0.717, 1.165) is 0 Å². The lowest BCUT2D eigenvalue weighted by Crippen LogP contribution is -2.26. The van der Waals surface area contributed by atoms with Gasteiger partial charge in [-0.1, -0.05) is 26.0 Å². The Hall–Kier alpha value is -2.46. The first-order valence-corrected chi connectivity index (χ1v) is 13.3. The van der Waals surface area contributed by atoms with Crippen molar-refractivity contribution in [2.45, 2.75) is 61.3 Å². The molecule has 32 heavy (non-hydrogen) atoms. The van der Waals surface area contributed by atoms with Crippen molar-refractivity contribution in [2.75, 3.05) is 0 Å². The molecule has 176 valence electrons. The van der Waals surface area contributed by atoms with Crippen LogP contribution in [0.1, 0.15) is 40.5 Å². The fourth-order valence-corrected chi connectivity index (χ4v) is 5.66. The highest BCUT2D eigenvalue weighted by Gasteiger charge is 2.30. The summed E-state index contributed by atoms with van der Waals surface area (Å²) in [7, 11) is -6.86. The summed E-state index contributed by atoms with van der Waals surface area (Å²) in [5.41, 5.74) is 0. The molecule has 0 unspecified atom stereocenters. The molecular weight excluding hydrogens is 448 g/mol. The number of hydrogen-bond donors (Lipinski definition) is 0. The molecule has 0 aliphatic rings. The van der Waals surface area contributed by atoms with Gasteiger partial charge < -0.3 is 0 Å². The van der Waals surface area contributed by atoms with Gasteiger partial charge >= 0.3 is 0 Å². The number of nitrogens with zero attached hydrogens (tertiary/aromatic N) is 4. The second kappa shape index (κ2) is 12.5. The Morgan fingerprint density at radius 2 is 0.969 bits per heavy atom. The van der Waals surface area contributed by atoms with Crippen molar-refractivity contribution >= 4 is 19.7 Å². The lowest BCUT2D eigenvalue weighted by atomic mass is 10.1. The van der Waals surface area contributed by atoms with E-state index in [4.69, 9.17) is 0 Å². The van der Waals surface area contributed by atoms with E-state index in [0.29, 0.717) is 12.8 Å². The number of aromatic nitrogens is 4. The van der Waals surface area contributed by atoms with E-state index in [1.54, 1.807) is 38.1 Å². The third-order valence-electron chi connectivity index (χ3n) is 5.25. The largest absolute Gasteiger partial charge is 0.247 e. The van der Waals surface area contributed by atoms with Crippen LogP contribution in [0.15, 0.2) is 72.5 Å². The summed E-state index contributed by atoms with van der Waals surface area (Å²) in [5, 5.41) is -1.21. The smallest absolute Gasteiger partial charge is 0.227 e. The molecule has 0 radical (unpaired) electrons. The van der Waals surface area contributed by atoms with E-state index >= 15 is 0 Å². The van der Waals surface area contributed by atoms with Crippen LogP contribution in [0.3, 0.4) is 0 Å². The molecule has 0 aromatic carbocycles. The van der Waals surface area contributed by atoms with Crippen LogP contribution in [0, 0.1) is 11.8 Å². The molecule has 0 saturated heterocycles. The molecule has 0 N–H and O–H groups in total. The summed E-state index contributed by atoms with van der Waals surface area (Å²) in [6, 6.07) is 3.19. The van der Waals surface area contributed by atoms with Crippen LogP contribution in [-0.2, 0) is 19.7 Å². The van der Waals surface area contributed by atoms with Crippen molar-refractivity contribution in [3.63, 3.8) is 0 Å². The maximum atomic E-state index is 12.1. The molecule has 2 heterocycles. The monoisotopic (exact) mass is 480 g/mol. The fraction of sp³-hybridized carbons (Fsp3) is 0.455. The molecule has 0 amide bonds. The van der Waals surface area contributed by atoms with Gasteiger partial charge in [-0.3, -0.25) is 0 Å². The Bertz CT molecular complexity index is 972. The molecule has 0 aliphatic carbocycles. The van der Waals surface area contributed by atoms with Gasteiger partial charge in [0.05, 0.1) is 10.5 Å². The molecule has 2 aromatic rings. The van der Waals surface area contributed by atoms with Gasteiger partial charge in [0.15, 0.2) is 0 Å². The molecule has 0 bridgehead atoms. The Morgan fingerprint density at radius 1 is 0.688 bits per heavy atom. The average Bonchev–Trinajstić information content (AvgIpc) is 2.79. The van der Waals surface area contributed by atoms with Crippen molar-refractivity contribution in [3.05, 3.63) is 62.2 Å². The van der Waals surface area contributed by atoms with Gasteiger partial charge in [-0.2, -0.15) is 0 Å². The van der Waals surface area contributed by atoms with E-state index in [-0.39, 0.29) is 22.1 Å².